The molecule has 19 heavy (non-hydrogen) atoms. The standard InChI is InChI=1S/C15H22N4/c1-15(2,3)17-10-8-13-18-12-5-4-9-16-14(12)19(13)11-6-7-11/h4-5,9,11,17H,6-8,10H2,1-3H3. The fourth-order valence-corrected chi connectivity index (χ4v) is 2.42. The number of hydrogen-bond donors (Lipinski definition) is 1. The molecular formula is C15H22N4. The maximum Gasteiger partial charge on any atom is 0.160 e. The summed E-state index contributed by atoms with van der Waals surface area (Å²) in [6.07, 6.45) is 5.35. The summed E-state index contributed by atoms with van der Waals surface area (Å²) in [7, 11) is 0. The van der Waals surface area contributed by atoms with E-state index in [1.54, 1.807) is 0 Å². The van der Waals surface area contributed by atoms with Crippen molar-refractivity contribution in [2.24, 2.45) is 0 Å². The molecule has 2 heterocycles. The first-order valence-electron chi connectivity index (χ1n) is 7.11. The van der Waals surface area contributed by atoms with Gasteiger partial charge in [-0.05, 0) is 45.7 Å². The van der Waals surface area contributed by atoms with Gasteiger partial charge in [-0.15, -0.1) is 0 Å². The summed E-state index contributed by atoms with van der Waals surface area (Å²) < 4.78 is 2.35. The van der Waals surface area contributed by atoms with E-state index in [-0.39, 0.29) is 5.54 Å². The molecule has 0 bridgehead atoms. The number of fused-ring (bicyclic) bond motifs is 1. The van der Waals surface area contributed by atoms with E-state index in [0.29, 0.717) is 6.04 Å². The van der Waals surface area contributed by atoms with Crippen molar-refractivity contribution < 1.29 is 0 Å². The van der Waals surface area contributed by atoms with E-state index in [1.807, 2.05) is 12.3 Å². The van der Waals surface area contributed by atoms with Gasteiger partial charge < -0.3 is 9.88 Å². The normalized spacial score (nSPS) is 16.2. The monoisotopic (exact) mass is 258 g/mol. The molecule has 1 saturated carbocycles. The molecule has 2 aromatic heterocycles. The summed E-state index contributed by atoms with van der Waals surface area (Å²) in [5.74, 6) is 1.17. The number of pyridine rings is 1. The average molecular weight is 258 g/mol. The molecule has 4 nitrogen and oxygen atoms in total. The van der Waals surface area contributed by atoms with E-state index in [1.165, 1.54) is 18.7 Å². The lowest BCUT2D eigenvalue weighted by Crippen LogP contribution is -2.37. The number of rotatable bonds is 4. The highest BCUT2D eigenvalue weighted by atomic mass is 15.2. The minimum absolute atomic E-state index is 0.161. The molecule has 0 aromatic carbocycles. The highest BCUT2D eigenvalue weighted by Crippen LogP contribution is 2.38. The van der Waals surface area contributed by atoms with E-state index >= 15 is 0 Å². The minimum Gasteiger partial charge on any atom is -0.312 e. The van der Waals surface area contributed by atoms with E-state index in [0.717, 1.165) is 24.1 Å². The summed E-state index contributed by atoms with van der Waals surface area (Å²) in [6, 6.07) is 4.65. The van der Waals surface area contributed by atoms with Crippen molar-refractivity contribution in [3.63, 3.8) is 0 Å². The zero-order valence-electron chi connectivity index (χ0n) is 12.0. The summed E-state index contributed by atoms with van der Waals surface area (Å²) in [6.45, 7) is 7.54. The molecule has 102 valence electrons. The molecule has 1 N–H and O–H groups in total. The van der Waals surface area contributed by atoms with Gasteiger partial charge in [0, 0.05) is 30.7 Å². The SMILES string of the molecule is CC(C)(C)NCCc1nc2cccnc2n1C1CC1. The van der Waals surface area contributed by atoms with Crippen LogP contribution in [0, 0.1) is 0 Å². The van der Waals surface area contributed by atoms with Gasteiger partial charge in [0.25, 0.3) is 0 Å². The summed E-state index contributed by atoms with van der Waals surface area (Å²) in [4.78, 5) is 9.25. The van der Waals surface area contributed by atoms with Crippen LogP contribution in [0.5, 0.6) is 0 Å². The molecule has 0 spiro atoms. The van der Waals surface area contributed by atoms with Gasteiger partial charge in [-0.2, -0.15) is 0 Å². The highest BCUT2D eigenvalue weighted by molar-refractivity contribution is 5.71. The van der Waals surface area contributed by atoms with Crippen molar-refractivity contribution in [3.8, 4) is 0 Å². The van der Waals surface area contributed by atoms with Crippen LogP contribution in [0.1, 0.15) is 45.5 Å². The molecule has 1 fully saturated rings. The molecule has 0 aliphatic heterocycles. The molecule has 0 amide bonds. The van der Waals surface area contributed by atoms with E-state index in [2.05, 4.69) is 41.7 Å². The molecule has 0 atom stereocenters. The maximum absolute atomic E-state index is 4.75. The Balaban J connectivity index is 1.84. The summed E-state index contributed by atoms with van der Waals surface area (Å²) >= 11 is 0. The first-order chi connectivity index (χ1) is 9.04. The van der Waals surface area contributed by atoms with Crippen molar-refractivity contribution in [2.75, 3.05) is 6.54 Å². The number of nitrogens with zero attached hydrogens (tertiary/aromatic N) is 3. The van der Waals surface area contributed by atoms with Crippen LogP contribution in [-0.4, -0.2) is 26.6 Å². The molecular weight excluding hydrogens is 236 g/mol. The van der Waals surface area contributed by atoms with Gasteiger partial charge in [-0.3, -0.25) is 0 Å². The predicted molar refractivity (Wildman–Crippen MR) is 77.3 cm³/mol. The van der Waals surface area contributed by atoms with Crippen molar-refractivity contribution >= 4 is 11.2 Å². The third-order valence-corrected chi connectivity index (χ3v) is 3.44. The zero-order valence-corrected chi connectivity index (χ0v) is 12.0. The molecule has 0 saturated heterocycles. The lowest BCUT2D eigenvalue weighted by Gasteiger charge is -2.20. The Bertz CT molecular complexity index is 575. The van der Waals surface area contributed by atoms with Crippen LogP contribution in [0.25, 0.3) is 11.2 Å². The van der Waals surface area contributed by atoms with E-state index in [9.17, 15) is 0 Å². The summed E-state index contributed by atoms with van der Waals surface area (Å²) in [5.41, 5.74) is 2.24. The van der Waals surface area contributed by atoms with Gasteiger partial charge in [0.05, 0.1) is 0 Å². The second-order valence-electron chi connectivity index (χ2n) is 6.40. The van der Waals surface area contributed by atoms with E-state index < -0.39 is 0 Å². The molecule has 1 aliphatic carbocycles. The molecule has 4 heteroatoms. The Morgan fingerprint density at radius 2 is 2.16 bits per heavy atom. The van der Waals surface area contributed by atoms with Crippen LogP contribution >= 0.6 is 0 Å². The van der Waals surface area contributed by atoms with Gasteiger partial charge in [-0.25, -0.2) is 9.97 Å². The van der Waals surface area contributed by atoms with Crippen LogP contribution in [-0.2, 0) is 6.42 Å². The van der Waals surface area contributed by atoms with Crippen molar-refractivity contribution in [2.45, 2.75) is 51.6 Å². The first-order valence-corrected chi connectivity index (χ1v) is 7.11. The number of hydrogen-bond acceptors (Lipinski definition) is 3. The second-order valence-corrected chi connectivity index (χ2v) is 6.40. The third-order valence-electron chi connectivity index (χ3n) is 3.44. The largest absolute Gasteiger partial charge is 0.312 e. The molecule has 0 radical (unpaired) electrons. The predicted octanol–water partition coefficient (Wildman–Crippen LogP) is 2.70. The Morgan fingerprint density at radius 3 is 2.84 bits per heavy atom. The van der Waals surface area contributed by atoms with Crippen molar-refractivity contribution in [1.82, 2.24) is 19.9 Å². The van der Waals surface area contributed by atoms with Gasteiger partial charge >= 0.3 is 0 Å². The Hall–Kier alpha value is -1.42. The highest BCUT2D eigenvalue weighted by Gasteiger charge is 2.28. The van der Waals surface area contributed by atoms with Crippen LogP contribution in [0.4, 0.5) is 0 Å². The smallest absolute Gasteiger partial charge is 0.160 e. The van der Waals surface area contributed by atoms with Crippen LogP contribution in [0.15, 0.2) is 18.3 Å². The van der Waals surface area contributed by atoms with Gasteiger partial charge in [0.15, 0.2) is 5.65 Å². The maximum atomic E-state index is 4.75. The number of aromatic nitrogens is 3. The number of nitrogens with one attached hydrogen (secondary N) is 1. The average Bonchev–Trinajstić information content (AvgIpc) is 3.09. The molecule has 2 aromatic rings. The Kier molecular flexibility index (Phi) is 3.05. The first kappa shape index (κ1) is 12.6. The van der Waals surface area contributed by atoms with Crippen LogP contribution in [0.2, 0.25) is 0 Å². The topological polar surface area (TPSA) is 42.7 Å². The minimum atomic E-state index is 0.161. The lowest BCUT2D eigenvalue weighted by molar-refractivity contribution is 0.425. The fourth-order valence-electron chi connectivity index (χ4n) is 2.42. The van der Waals surface area contributed by atoms with Gasteiger partial charge in [-0.1, -0.05) is 0 Å². The van der Waals surface area contributed by atoms with Gasteiger partial charge in [0.1, 0.15) is 11.3 Å². The number of imidazole rings is 1. The molecule has 3 rings (SSSR count). The quantitative estimate of drug-likeness (QED) is 0.917. The molecule has 1 aliphatic rings. The Morgan fingerprint density at radius 1 is 1.37 bits per heavy atom. The van der Waals surface area contributed by atoms with Crippen molar-refractivity contribution in [3.05, 3.63) is 24.2 Å². The van der Waals surface area contributed by atoms with Gasteiger partial charge in [0.2, 0.25) is 0 Å². The van der Waals surface area contributed by atoms with E-state index in [4.69, 9.17) is 4.98 Å². The summed E-state index contributed by atoms with van der Waals surface area (Å²) in [5, 5.41) is 3.53. The Labute approximate surface area is 114 Å². The zero-order chi connectivity index (χ0) is 13.5. The third kappa shape index (κ3) is 2.78. The second kappa shape index (κ2) is 4.60. The van der Waals surface area contributed by atoms with Crippen molar-refractivity contribution in [1.29, 1.82) is 0 Å². The van der Waals surface area contributed by atoms with Crippen LogP contribution in [0.3, 0.4) is 0 Å². The fraction of sp³-hybridized carbons (Fsp3) is 0.600. The molecule has 0 unspecified atom stereocenters. The lowest BCUT2D eigenvalue weighted by atomic mass is 10.1. The van der Waals surface area contributed by atoms with Crippen LogP contribution < -0.4 is 5.32 Å².